The molecule has 1 fully saturated rings. The van der Waals surface area contributed by atoms with E-state index in [1.54, 1.807) is 0 Å². The van der Waals surface area contributed by atoms with Gasteiger partial charge in [-0.2, -0.15) is 0 Å². The Kier molecular flexibility index (Phi) is 4.46. The van der Waals surface area contributed by atoms with Gasteiger partial charge in [0.15, 0.2) is 0 Å². The molecule has 0 aromatic carbocycles. The standard InChI is InChI=1S/C11H22N2/c1-9(2)7-8-13-11-5-3-10(12)4-6-11/h7,10-11,13H,3-6,8,12H2,1-2H3. The fourth-order valence-electron chi connectivity index (χ4n) is 1.75. The van der Waals surface area contributed by atoms with Gasteiger partial charge in [0.2, 0.25) is 0 Å². The molecule has 0 aromatic rings. The average molecular weight is 182 g/mol. The van der Waals surface area contributed by atoms with Crippen LogP contribution in [0, 0.1) is 0 Å². The van der Waals surface area contributed by atoms with Crippen molar-refractivity contribution in [3.8, 4) is 0 Å². The first-order valence-corrected chi connectivity index (χ1v) is 5.31. The Bertz CT molecular complexity index is 163. The first-order valence-electron chi connectivity index (χ1n) is 5.31. The highest BCUT2D eigenvalue weighted by Gasteiger charge is 2.16. The van der Waals surface area contributed by atoms with Gasteiger partial charge in [-0.15, -0.1) is 0 Å². The molecule has 0 amide bonds. The summed E-state index contributed by atoms with van der Waals surface area (Å²) in [6.45, 7) is 5.29. The molecule has 0 radical (unpaired) electrons. The number of nitrogens with two attached hydrogens (primary N) is 1. The van der Waals surface area contributed by atoms with Crippen LogP contribution >= 0.6 is 0 Å². The average Bonchev–Trinajstić information content (AvgIpc) is 2.08. The molecule has 3 N–H and O–H groups in total. The summed E-state index contributed by atoms with van der Waals surface area (Å²) in [5.74, 6) is 0. The first kappa shape index (κ1) is 10.7. The van der Waals surface area contributed by atoms with Crippen molar-refractivity contribution < 1.29 is 0 Å². The predicted molar refractivity (Wildman–Crippen MR) is 57.7 cm³/mol. The molecule has 0 unspecified atom stereocenters. The summed E-state index contributed by atoms with van der Waals surface area (Å²) in [6, 6.07) is 1.16. The van der Waals surface area contributed by atoms with E-state index in [0.29, 0.717) is 12.1 Å². The van der Waals surface area contributed by atoms with E-state index in [2.05, 4.69) is 25.2 Å². The van der Waals surface area contributed by atoms with E-state index in [0.717, 1.165) is 6.54 Å². The Morgan fingerprint density at radius 3 is 2.46 bits per heavy atom. The Labute approximate surface area is 81.6 Å². The minimum atomic E-state index is 0.460. The topological polar surface area (TPSA) is 38.0 Å². The van der Waals surface area contributed by atoms with Gasteiger partial charge in [0.1, 0.15) is 0 Å². The summed E-state index contributed by atoms with van der Waals surface area (Å²) < 4.78 is 0. The van der Waals surface area contributed by atoms with Crippen LogP contribution in [0.4, 0.5) is 0 Å². The van der Waals surface area contributed by atoms with Crippen molar-refractivity contribution in [2.75, 3.05) is 6.54 Å². The lowest BCUT2D eigenvalue weighted by Gasteiger charge is -2.26. The molecule has 1 aliphatic carbocycles. The molecular formula is C11H22N2. The Balaban J connectivity index is 2.12. The van der Waals surface area contributed by atoms with E-state index < -0.39 is 0 Å². The molecule has 2 nitrogen and oxygen atoms in total. The zero-order chi connectivity index (χ0) is 9.68. The normalized spacial score (nSPS) is 28.5. The van der Waals surface area contributed by atoms with Gasteiger partial charge in [0, 0.05) is 18.6 Å². The lowest BCUT2D eigenvalue weighted by molar-refractivity contribution is 0.351. The monoisotopic (exact) mass is 182 g/mol. The van der Waals surface area contributed by atoms with Gasteiger partial charge in [0.05, 0.1) is 0 Å². The van der Waals surface area contributed by atoms with Crippen molar-refractivity contribution in [1.82, 2.24) is 5.32 Å². The third-order valence-corrected chi connectivity index (χ3v) is 2.69. The maximum absolute atomic E-state index is 5.83. The Morgan fingerprint density at radius 2 is 1.92 bits per heavy atom. The summed E-state index contributed by atoms with van der Waals surface area (Å²) in [6.07, 6.45) is 7.11. The molecule has 0 aromatic heterocycles. The zero-order valence-corrected chi connectivity index (χ0v) is 8.84. The van der Waals surface area contributed by atoms with Gasteiger partial charge in [-0.3, -0.25) is 0 Å². The van der Waals surface area contributed by atoms with Gasteiger partial charge in [-0.1, -0.05) is 11.6 Å². The van der Waals surface area contributed by atoms with Crippen LogP contribution in [0.25, 0.3) is 0 Å². The third kappa shape index (κ3) is 4.44. The van der Waals surface area contributed by atoms with Crippen molar-refractivity contribution >= 4 is 0 Å². The van der Waals surface area contributed by atoms with Crippen LogP contribution in [0.2, 0.25) is 0 Å². The highest BCUT2D eigenvalue weighted by Crippen LogP contribution is 2.16. The van der Waals surface area contributed by atoms with E-state index in [-0.39, 0.29) is 0 Å². The van der Waals surface area contributed by atoms with E-state index in [1.807, 2.05) is 0 Å². The highest BCUT2D eigenvalue weighted by molar-refractivity contribution is 4.95. The maximum Gasteiger partial charge on any atom is 0.0139 e. The van der Waals surface area contributed by atoms with Crippen molar-refractivity contribution in [3.63, 3.8) is 0 Å². The number of hydrogen-bond donors (Lipinski definition) is 2. The van der Waals surface area contributed by atoms with Crippen LogP contribution in [0.3, 0.4) is 0 Å². The van der Waals surface area contributed by atoms with Gasteiger partial charge in [0.25, 0.3) is 0 Å². The van der Waals surface area contributed by atoms with E-state index in [4.69, 9.17) is 5.73 Å². The highest BCUT2D eigenvalue weighted by atomic mass is 14.9. The molecule has 1 saturated carbocycles. The van der Waals surface area contributed by atoms with E-state index in [9.17, 15) is 0 Å². The summed E-state index contributed by atoms with van der Waals surface area (Å²) in [5.41, 5.74) is 7.22. The minimum Gasteiger partial charge on any atom is -0.328 e. The van der Waals surface area contributed by atoms with Crippen molar-refractivity contribution in [2.45, 2.75) is 51.6 Å². The summed E-state index contributed by atoms with van der Waals surface area (Å²) in [5, 5.41) is 3.54. The second kappa shape index (κ2) is 5.40. The van der Waals surface area contributed by atoms with E-state index in [1.165, 1.54) is 31.3 Å². The summed E-state index contributed by atoms with van der Waals surface area (Å²) in [7, 11) is 0. The fraction of sp³-hybridized carbons (Fsp3) is 0.818. The molecule has 0 spiro atoms. The molecule has 13 heavy (non-hydrogen) atoms. The SMILES string of the molecule is CC(C)=CCNC1CCC(N)CC1. The van der Waals surface area contributed by atoms with Gasteiger partial charge < -0.3 is 11.1 Å². The van der Waals surface area contributed by atoms with E-state index >= 15 is 0 Å². The molecule has 2 heteroatoms. The summed E-state index contributed by atoms with van der Waals surface area (Å²) >= 11 is 0. The van der Waals surface area contributed by atoms with Crippen molar-refractivity contribution in [2.24, 2.45) is 5.73 Å². The van der Waals surface area contributed by atoms with Gasteiger partial charge in [-0.25, -0.2) is 0 Å². The second-order valence-electron chi connectivity index (χ2n) is 4.30. The number of rotatable bonds is 3. The smallest absolute Gasteiger partial charge is 0.0139 e. The molecule has 0 saturated heterocycles. The predicted octanol–water partition coefficient (Wildman–Crippen LogP) is 1.81. The van der Waals surface area contributed by atoms with Crippen molar-refractivity contribution in [1.29, 1.82) is 0 Å². The molecule has 0 bridgehead atoms. The minimum absolute atomic E-state index is 0.460. The molecule has 0 atom stereocenters. The van der Waals surface area contributed by atoms with Crippen molar-refractivity contribution in [3.05, 3.63) is 11.6 Å². The molecule has 76 valence electrons. The van der Waals surface area contributed by atoms with Crippen LogP contribution in [-0.4, -0.2) is 18.6 Å². The largest absolute Gasteiger partial charge is 0.328 e. The van der Waals surface area contributed by atoms with Crippen LogP contribution in [0.1, 0.15) is 39.5 Å². The van der Waals surface area contributed by atoms with Crippen LogP contribution in [-0.2, 0) is 0 Å². The lowest BCUT2D eigenvalue weighted by Crippen LogP contribution is -2.37. The molecular weight excluding hydrogens is 160 g/mol. The Hall–Kier alpha value is -0.340. The molecule has 0 aliphatic heterocycles. The molecule has 0 heterocycles. The van der Waals surface area contributed by atoms with Gasteiger partial charge >= 0.3 is 0 Å². The summed E-state index contributed by atoms with van der Waals surface area (Å²) in [4.78, 5) is 0. The number of hydrogen-bond acceptors (Lipinski definition) is 2. The van der Waals surface area contributed by atoms with Crippen LogP contribution in [0.15, 0.2) is 11.6 Å². The lowest BCUT2D eigenvalue weighted by atomic mass is 9.92. The van der Waals surface area contributed by atoms with Crippen LogP contribution < -0.4 is 11.1 Å². The third-order valence-electron chi connectivity index (χ3n) is 2.69. The molecule has 1 aliphatic rings. The fourth-order valence-corrected chi connectivity index (χ4v) is 1.75. The first-order chi connectivity index (χ1) is 6.18. The quantitative estimate of drug-likeness (QED) is 0.653. The zero-order valence-electron chi connectivity index (χ0n) is 8.84. The van der Waals surface area contributed by atoms with Crippen LogP contribution in [0.5, 0.6) is 0 Å². The maximum atomic E-state index is 5.83. The van der Waals surface area contributed by atoms with Gasteiger partial charge in [-0.05, 0) is 39.5 Å². The molecule has 1 rings (SSSR count). The Morgan fingerprint density at radius 1 is 1.31 bits per heavy atom. The number of nitrogens with one attached hydrogen (secondary N) is 1. The number of allylic oxidation sites excluding steroid dienone is 1. The second-order valence-corrected chi connectivity index (χ2v) is 4.30.